The second-order valence-electron chi connectivity index (χ2n) is 3.71. The lowest BCUT2D eigenvalue weighted by atomic mass is 10.2. The van der Waals surface area contributed by atoms with Crippen molar-refractivity contribution in [2.24, 2.45) is 0 Å². The summed E-state index contributed by atoms with van der Waals surface area (Å²) in [5.41, 5.74) is 1.49. The molecule has 0 radical (unpaired) electrons. The molecule has 1 fully saturated rings. The highest BCUT2D eigenvalue weighted by atomic mass is 19.1. The third kappa shape index (κ3) is 2.46. The minimum Gasteiger partial charge on any atom is -0.392 e. The van der Waals surface area contributed by atoms with E-state index in [4.69, 9.17) is 5.11 Å². The number of nitrogens with one attached hydrogen (secondary N) is 1. The Bertz CT molecular complexity index is 337. The average Bonchev–Trinajstić information content (AvgIpc) is 2.29. The van der Waals surface area contributed by atoms with Gasteiger partial charge in [-0.05, 0) is 23.8 Å². The van der Waals surface area contributed by atoms with E-state index >= 15 is 0 Å². The van der Waals surface area contributed by atoms with Crippen molar-refractivity contribution in [1.29, 1.82) is 0 Å². The highest BCUT2D eigenvalue weighted by Crippen LogP contribution is 2.19. The van der Waals surface area contributed by atoms with Crippen molar-refractivity contribution >= 4 is 5.69 Å². The van der Waals surface area contributed by atoms with Gasteiger partial charge in [-0.3, -0.25) is 0 Å². The van der Waals surface area contributed by atoms with Crippen molar-refractivity contribution in [3.63, 3.8) is 0 Å². The molecule has 1 heterocycles. The summed E-state index contributed by atoms with van der Waals surface area (Å²) in [5.74, 6) is -0.282. The van der Waals surface area contributed by atoms with E-state index in [1.807, 2.05) is 6.07 Å². The van der Waals surface area contributed by atoms with Crippen LogP contribution in [-0.2, 0) is 6.61 Å². The summed E-state index contributed by atoms with van der Waals surface area (Å²) in [4.78, 5) is 2.12. The van der Waals surface area contributed by atoms with E-state index in [-0.39, 0.29) is 12.4 Å². The third-order valence-corrected chi connectivity index (χ3v) is 2.61. The van der Waals surface area contributed by atoms with Gasteiger partial charge in [-0.1, -0.05) is 0 Å². The van der Waals surface area contributed by atoms with Crippen LogP contribution in [0.4, 0.5) is 10.1 Å². The van der Waals surface area contributed by atoms with Gasteiger partial charge in [0, 0.05) is 31.9 Å². The lowest BCUT2D eigenvalue weighted by molar-refractivity contribution is 0.281. The van der Waals surface area contributed by atoms with E-state index in [0.29, 0.717) is 5.56 Å². The molecule has 0 bridgehead atoms. The molecule has 0 atom stereocenters. The predicted octanol–water partition coefficient (Wildman–Crippen LogP) is 0.728. The lowest BCUT2D eigenvalue weighted by Gasteiger charge is -2.29. The van der Waals surface area contributed by atoms with Gasteiger partial charge in [-0.15, -0.1) is 0 Å². The summed E-state index contributed by atoms with van der Waals surface area (Å²) in [6.45, 7) is 3.50. The molecule has 3 nitrogen and oxygen atoms in total. The molecule has 0 amide bonds. The Labute approximate surface area is 88.5 Å². The average molecular weight is 210 g/mol. The van der Waals surface area contributed by atoms with Crippen LogP contribution in [0.2, 0.25) is 0 Å². The standard InChI is InChI=1S/C11H15FN2O/c12-10-5-9(8-15)6-11(7-10)14-3-1-13-2-4-14/h5-7,13,15H,1-4,8H2. The second kappa shape index (κ2) is 4.59. The maximum absolute atomic E-state index is 13.2. The number of piperazine rings is 1. The van der Waals surface area contributed by atoms with Crippen LogP contribution in [0, 0.1) is 5.82 Å². The zero-order chi connectivity index (χ0) is 10.7. The van der Waals surface area contributed by atoms with Crippen LogP contribution in [0.15, 0.2) is 18.2 Å². The van der Waals surface area contributed by atoms with Gasteiger partial charge in [0.25, 0.3) is 0 Å². The summed E-state index contributed by atoms with van der Waals surface area (Å²) in [7, 11) is 0. The number of halogens is 1. The first kappa shape index (κ1) is 10.4. The molecule has 15 heavy (non-hydrogen) atoms. The molecular formula is C11H15FN2O. The van der Waals surface area contributed by atoms with Crippen LogP contribution in [0.25, 0.3) is 0 Å². The first-order chi connectivity index (χ1) is 7.29. The van der Waals surface area contributed by atoms with E-state index in [0.717, 1.165) is 31.9 Å². The number of hydrogen-bond donors (Lipinski definition) is 2. The molecule has 1 aliphatic rings. The first-order valence-corrected chi connectivity index (χ1v) is 5.15. The molecule has 0 aliphatic carbocycles. The SMILES string of the molecule is OCc1cc(F)cc(N2CCNCC2)c1. The van der Waals surface area contributed by atoms with Gasteiger partial charge in [-0.25, -0.2) is 4.39 Å². The van der Waals surface area contributed by atoms with Crippen LogP contribution in [0.3, 0.4) is 0 Å². The number of hydrogen-bond acceptors (Lipinski definition) is 3. The second-order valence-corrected chi connectivity index (χ2v) is 3.71. The molecule has 0 aromatic heterocycles. The fourth-order valence-electron chi connectivity index (χ4n) is 1.83. The van der Waals surface area contributed by atoms with Crippen molar-refractivity contribution in [3.8, 4) is 0 Å². The van der Waals surface area contributed by atoms with E-state index in [1.54, 1.807) is 0 Å². The van der Waals surface area contributed by atoms with Gasteiger partial charge < -0.3 is 15.3 Å². The molecule has 0 unspecified atom stereocenters. The topological polar surface area (TPSA) is 35.5 Å². The van der Waals surface area contributed by atoms with Crippen LogP contribution < -0.4 is 10.2 Å². The Hall–Kier alpha value is -1.13. The van der Waals surface area contributed by atoms with Gasteiger partial charge in [0.2, 0.25) is 0 Å². The summed E-state index contributed by atoms with van der Waals surface area (Å²) in [6.07, 6.45) is 0. The molecule has 1 aromatic carbocycles. The Balaban J connectivity index is 2.22. The highest BCUT2D eigenvalue weighted by Gasteiger charge is 2.11. The molecular weight excluding hydrogens is 195 g/mol. The molecule has 82 valence electrons. The monoisotopic (exact) mass is 210 g/mol. The molecule has 2 N–H and O–H groups in total. The van der Waals surface area contributed by atoms with Crippen molar-refractivity contribution in [2.45, 2.75) is 6.61 Å². The third-order valence-electron chi connectivity index (χ3n) is 2.61. The van der Waals surface area contributed by atoms with E-state index < -0.39 is 0 Å². The number of benzene rings is 1. The molecule has 4 heteroatoms. The van der Waals surface area contributed by atoms with Gasteiger partial charge >= 0.3 is 0 Å². The molecule has 1 saturated heterocycles. The van der Waals surface area contributed by atoms with Crippen molar-refractivity contribution < 1.29 is 9.50 Å². The molecule has 0 saturated carbocycles. The first-order valence-electron chi connectivity index (χ1n) is 5.15. The van der Waals surface area contributed by atoms with Crippen LogP contribution in [0.5, 0.6) is 0 Å². The van der Waals surface area contributed by atoms with Crippen LogP contribution in [0.1, 0.15) is 5.56 Å². The summed E-state index contributed by atoms with van der Waals surface area (Å²) in [6, 6.07) is 4.73. The maximum Gasteiger partial charge on any atom is 0.125 e. The Morgan fingerprint density at radius 3 is 2.67 bits per heavy atom. The van der Waals surface area contributed by atoms with E-state index in [9.17, 15) is 4.39 Å². The smallest absolute Gasteiger partial charge is 0.125 e. The maximum atomic E-state index is 13.2. The number of anilines is 1. The van der Waals surface area contributed by atoms with Crippen molar-refractivity contribution in [2.75, 3.05) is 31.1 Å². The minimum absolute atomic E-state index is 0.114. The van der Waals surface area contributed by atoms with Crippen LogP contribution >= 0.6 is 0 Å². The zero-order valence-electron chi connectivity index (χ0n) is 8.54. The highest BCUT2D eigenvalue weighted by molar-refractivity contribution is 5.49. The predicted molar refractivity (Wildman–Crippen MR) is 57.4 cm³/mol. The lowest BCUT2D eigenvalue weighted by Crippen LogP contribution is -2.43. The van der Waals surface area contributed by atoms with Gasteiger partial charge in [0.15, 0.2) is 0 Å². The van der Waals surface area contributed by atoms with Gasteiger partial charge in [-0.2, -0.15) is 0 Å². The largest absolute Gasteiger partial charge is 0.392 e. The molecule has 0 spiro atoms. The normalized spacial score (nSPS) is 16.8. The molecule has 1 aromatic rings. The summed E-state index contributed by atoms with van der Waals surface area (Å²) < 4.78 is 13.2. The van der Waals surface area contributed by atoms with E-state index in [1.165, 1.54) is 12.1 Å². The number of aliphatic hydroxyl groups excluding tert-OH is 1. The number of nitrogens with zero attached hydrogens (tertiary/aromatic N) is 1. The molecule has 2 rings (SSSR count). The number of rotatable bonds is 2. The van der Waals surface area contributed by atoms with Gasteiger partial charge in [0.1, 0.15) is 5.82 Å². The minimum atomic E-state index is -0.282. The Morgan fingerprint density at radius 1 is 1.27 bits per heavy atom. The van der Waals surface area contributed by atoms with Crippen molar-refractivity contribution in [3.05, 3.63) is 29.6 Å². The Morgan fingerprint density at radius 2 is 2.00 bits per heavy atom. The van der Waals surface area contributed by atoms with Crippen molar-refractivity contribution in [1.82, 2.24) is 5.32 Å². The van der Waals surface area contributed by atoms with E-state index in [2.05, 4.69) is 10.2 Å². The summed E-state index contributed by atoms with van der Waals surface area (Å²) in [5, 5.41) is 12.2. The number of aliphatic hydroxyl groups is 1. The zero-order valence-corrected chi connectivity index (χ0v) is 8.54. The fraction of sp³-hybridized carbons (Fsp3) is 0.455. The molecule has 1 aliphatic heterocycles. The van der Waals surface area contributed by atoms with Crippen LogP contribution in [-0.4, -0.2) is 31.3 Å². The van der Waals surface area contributed by atoms with Gasteiger partial charge in [0.05, 0.1) is 6.61 Å². The fourth-order valence-corrected chi connectivity index (χ4v) is 1.83. The summed E-state index contributed by atoms with van der Waals surface area (Å²) >= 11 is 0. The quantitative estimate of drug-likeness (QED) is 0.755. The Kier molecular flexibility index (Phi) is 3.18.